The molecule has 2 aromatic rings. The summed E-state index contributed by atoms with van der Waals surface area (Å²) in [6.07, 6.45) is 2.89. The Kier molecular flexibility index (Phi) is 4.46. The van der Waals surface area contributed by atoms with E-state index in [1.165, 1.54) is 13.2 Å². The van der Waals surface area contributed by atoms with Gasteiger partial charge in [0.25, 0.3) is 0 Å². The predicted octanol–water partition coefficient (Wildman–Crippen LogP) is 1.91. The van der Waals surface area contributed by atoms with Gasteiger partial charge in [0.05, 0.1) is 24.7 Å². The summed E-state index contributed by atoms with van der Waals surface area (Å²) in [5, 5.41) is 11.3. The van der Waals surface area contributed by atoms with E-state index in [9.17, 15) is 4.39 Å². The van der Waals surface area contributed by atoms with Gasteiger partial charge in [-0.15, -0.1) is 5.10 Å². The van der Waals surface area contributed by atoms with E-state index in [-0.39, 0.29) is 5.75 Å². The number of methoxy groups -OCH3 is 1. The van der Waals surface area contributed by atoms with Crippen LogP contribution in [0.15, 0.2) is 24.4 Å². The van der Waals surface area contributed by atoms with Gasteiger partial charge in [-0.1, -0.05) is 12.1 Å². The SMILES string of the molecule is CCCNCc1cn(-c2ccc(F)c(OC)c2)nn1. The van der Waals surface area contributed by atoms with Crippen molar-refractivity contribution < 1.29 is 9.13 Å². The van der Waals surface area contributed by atoms with Crippen molar-refractivity contribution in [2.24, 2.45) is 0 Å². The second-order valence-corrected chi connectivity index (χ2v) is 4.15. The van der Waals surface area contributed by atoms with Crippen molar-refractivity contribution in [3.63, 3.8) is 0 Å². The first kappa shape index (κ1) is 13.5. The van der Waals surface area contributed by atoms with Gasteiger partial charge < -0.3 is 10.1 Å². The lowest BCUT2D eigenvalue weighted by atomic mass is 10.3. The number of hydrogen-bond acceptors (Lipinski definition) is 4. The highest BCUT2D eigenvalue weighted by Gasteiger charge is 2.07. The average molecular weight is 264 g/mol. The number of nitrogens with zero attached hydrogens (tertiary/aromatic N) is 3. The van der Waals surface area contributed by atoms with Gasteiger partial charge >= 0.3 is 0 Å². The number of rotatable bonds is 6. The number of nitrogens with one attached hydrogen (secondary N) is 1. The lowest BCUT2D eigenvalue weighted by molar-refractivity contribution is 0.386. The monoisotopic (exact) mass is 264 g/mol. The molecule has 1 heterocycles. The molecule has 0 fully saturated rings. The fourth-order valence-corrected chi connectivity index (χ4v) is 1.69. The first-order valence-electron chi connectivity index (χ1n) is 6.20. The quantitative estimate of drug-likeness (QED) is 0.810. The molecule has 0 saturated heterocycles. The van der Waals surface area contributed by atoms with Gasteiger partial charge in [0, 0.05) is 12.6 Å². The van der Waals surface area contributed by atoms with Crippen molar-refractivity contribution in [1.82, 2.24) is 20.3 Å². The van der Waals surface area contributed by atoms with Crippen LogP contribution in [0.1, 0.15) is 19.0 Å². The van der Waals surface area contributed by atoms with Crippen molar-refractivity contribution in [2.45, 2.75) is 19.9 Å². The molecule has 19 heavy (non-hydrogen) atoms. The molecule has 5 nitrogen and oxygen atoms in total. The average Bonchev–Trinajstić information content (AvgIpc) is 2.88. The molecule has 1 aromatic carbocycles. The summed E-state index contributed by atoms with van der Waals surface area (Å²) in [5.74, 6) is -0.199. The van der Waals surface area contributed by atoms with Crippen molar-refractivity contribution >= 4 is 0 Å². The Morgan fingerprint density at radius 2 is 2.26 bits per heavy atom. The van der Waals surface area contributed by atoms with Crippen molar-refractivity contribution in [3.05, 3.63) is 35.9 Å². The van der Waals surface area contributed by atoms with Gasteiger partial charge in [0.2, 0.25) is 0 Å². The molecule has 0 aliphatic heterocycles. The molecular formula is C13H17FN4O. The largest absolute Gasteiger partial charge is 0.494 e. The number of ether oxygens (including phenoxy) is 1. The van der Waals surface area contributed by atoms with Crippen LogP contribution in [0.5, 0.6) is 5.75 Å². The van der Waals surface area contributed by atoms with E-state index in [2.05, 4.69) is 22.6 Å². The highest BCUT2D eigenvalue weighted by Crippen LogP contribution is 2.20. The normalized spacial score (nSPS) is 10.7. The fraction of sp³-hybridized carbons (Fsp3) is 0.385. The molecule has 1 N–H and O–H groups in total. The molecule has 0 amide bonds. The fourth-order valence-electron chi connectivity index (χ4n) is 1.69. The van der Waals surface area contributed by atoms with Gasteiger partial charge in [-0.25, -0.2) is 9.07 Å². The molecule has 1 aromatic heterocycles. The Morgan fingerprint density at radius 1 is 1.42 bits per heavy atom. The Morgan fingerprint density at radius 3 is 3.00 bits per heavy atom. The van der Waals surface area contributed by atoms with Crippen LogP contribution in [0.2, 0.25) is 0 Å². The second-order valence-electron chi connectivity index (χ2n) is 4.15. The maximum Gasteiger partial charge on any atom is 0.165 e. The molecule has 0 radical (unpaired) electrons. The molecule has 102 valence electrons. The summed E-state index contributed by atoms with van der Waals surface area (Å²) in [5.41, 5.74) is 1.56. The summed E-state index contributed by atoms with van der Waals surface area (Å²) in [7, 11) is 1.43. The van der Waals surface area contributed by atoms with Crippen LogP contribution >= 0.6 is 0 Å². The number of hydrogen-bond donors (Lipinski definition) is 1. The molecular weight excluding hydrogens is 247 g/mol. The Bertz CT molecular complexity index is 541. The second kappa shape index (κ2) is 6.29. The van der Waals surface area contributed by atoms with Crippen LogP contribution in [-0.4, -0.2) is 28.6 Å². The maximum atomic E-state index is 13.3. The van der Waals surface area contributed by atoms with Crippen LogP contribution in [-0.2, 0) is 6.54 Å². The van der Waals surface area contributed by atoms with Crippen LogP contribution in [0.4, 0.5) is 4.39 Å². The minimum absolute atomic E-state index is 0.193. The van der Waals surface area contributed by atoms with Crippen molar-refractivity contribution in [1.29, 1.82) is 0 Å². The van der Waals surface area contributed by atoms with Crippen LogP contribution in [0.25, 0.3) is 5.69 Å². The third-order valence-corrected chi connectivity index (χ3v) is 2.67. The minimum atomic E-state index is -0.392. The highest BCUT2D eigenvalue weighted by atomic mass is 19.1. The summed E-state index contributed by atoms with van der Waals surface area (Å²) in [4.78, 5) is 0. The lowest BCUT2D eigenvalue weighted by Gasteiger charge is -2.04. The molecule has 0 unspecified atom stereocenters. The smallest absolute Gasteiger partial charge is 0.165 e. The van der Waals surface area contributed by atoms with E-state index >= 15 is 0 Å². The first-order chi connectivity index (χ1) is 9.24. The highest BCUT2D eigenvalue weighted by molar-refractivity contribution is 5.39. The van der Waals surface area contributed by atoms with Gasteiger partial charge in [0.15, 0.2) is 11.6 Å². The van der Waals surface area contributed by atoms with Crippen LogP contribution in [0.3, 0.4) is 0 Å². The summed E-state index contributed by atoms with van der Waals surface area (Å²) in [6, 6.07) is 4.58. The first-order valence-corrected chi connectivity index (χ1v) is 6.20. The molecule has 0 aliphatic carbocycles. The molecule has 2 rings (SSSR count). The van der Waals surface area contributed by atoms with Gasteiger partial charge in [-0.2, -0.15) is 0 Å². The topological polar surface area (TPSA) is 52.0 Å². The van der Waals surface area contributed by atoms with E-state index in [1.54, 1.807) is 16.8 Å². The zero-order chi connectivity index (χ0) is 13.7. The number of halogens is 1. The zero-order valence-electron chi connectivity index (χ0n) is 11.1. The van der Waals surface area contributed by atoms with Crippen LogP contribution < -0.4 is 10.1 Å². The van der Waals surface area contributed by atoms with Crippen molar-refractivity contribution in [2.75, 3.05) is 13.7 Å². The predicted molar refractivity (Wildman–Crippen MR) is 69.9 cm³/mol. The maximum absolute atomic E-state index is 13.3. The molecule has 0 spiro atoms. The zero-order valence-corrected chi connectivity index (χ0v) is 11.1. The Balaban J connectivity index is 2.13. The Hall–Kier alpha value is -1.95. The van der Waals surface area contributed by atoms with Gasteiger partial charge in [-0.05, 0) is 25.1 Å². The standard InChI is InChI=1S/C13H17FN4O/c1-3-6-15-8-10-9-18(17-16-10)11-4-5-12(14)13(7-11)19-2/h4-5,7,9,15H,3,6,8H2,1-2H3. The molecule has 0 saturated carbocycles. The molecule has 6 heteroatoms. The number of benzene rings is 1. The molecule has 0 atom stereocenters. The van der Waals surface area contributed by atoms with Crippen LogP contribution in [0, 0.1) is 5.82 Å². The number of aromatic nitrogens is 3. The van der Waals surface area contributed by atoms with E-state index in [0.717, 1.165) is 18.7 Å². The van der Waals surface area contributed by atoms with Gasteiger partial charge in [0.1, 0.15) is 0 Å². The molecule has 0 bridgehead atoms. The molecule has 0 aliphatic rings. The summed E-state index contributed by atoms with van der Waals surface area (Å²) < 4.78 is 19.9. The van der Waals surface area contributed by atoms with E-state index < -0.39 is 5.82 Å². The van der Waals surface area contributed by atoms with E-state index in [4.69, 9.17) is 4.74 Å². The van der Waals surface area contributed by atoms with Gasteiger partial charge in [-0.3, -0.25) is 0 Å². The summed E-state index contributed by atoms with van der Waals surface area (Å²) in [6.45, 7) is 3.72. The van der Waals surface area contributed by atoms with Crippen molar-refractivity contribution in [3.8, 4) is 11.4 Å². The lowest BCUT2D eigenvalue weighted by Crippen LogP contribution is -2.13. The third-order valence-electron chi connectivity index (χ3n) is 2.67. The third kappa shape index (κ3) is 3.29. The minimum Gasteiger partial charge on any atom is -0.494 e. The van der Waals surface area contributed by atoms with E-state index in [0.29, 0.717) is 12.2 Å². The Labute approximate surface area is 111 Å². The summed E-state index contributed by atoms with van der Waals surface area (Å²) >= 11 is 0. The van der Waals surface area contributed by atoms with E-state index in [1.807, 2.05) is 6.20 Å².